The summed E-state index contributed by atoms with van der Waals surface area (Å²) < 4.78 is 7.14. The van der Waals surface area contributed by atoms with Crippen molar-refractivity contribution in [3.8, 4) is 5.75 Å². The summed E-state index contributed by atoms with van der Waals surface area (Å²) in [7, 11) is 3.43. The van der Waals surface area contributed by atoms with Crippen LogP contribution in [0.3, 0.4) is 0 Å². The Morgan fingerprint density at radius 3 is 2.85 bits per heavy atom. The number of nitrogens with one attached hydrogen (secondary N) is 2. The first-order valence-corrected chi connectivity index (χ1v) is 8.48. The fourth-order valence-electron chi connectivity index (χ4n) is 2.88. The van der Waals surface area contributed by atoms with Gasteiger partial charge in [0.15, 0.2) is 0 Å². The van der Waals surface area contributed by atoms with Crippen LogP contribution < -0.4 is 15.4 Å². The van der Waals surface area contributed by atoms with E-state index in [4.69, 9.17) is 16.3 Å². The number of para-hydroxylation sites is 1. The normalized spacial score (nSPS) is 12.0. The SMILES string of the molecule is COc1ccc(Cl)cc1NC(=O)NCC(O)c1cn(C)c2ccccc12. The molecule has 2 amide bonds. The summed E-state index contributed by atoms with van der Waals surface area (Å²) in [5.74, 6) is 0.499. The van der Waals surface area contributed by atoms with E-state index in [1.54, 1.807) is 18.2 Å². The Morgan fingerprint density at radius 2 is 2.08 bits per heavy atom. The molecule has 1 aromatic heterocycles. The lowest BCUT2D eigenvalue weighted by atomic mass is 10.1. The topological polar surface area (TPSA) is 75.5 Å². The van der Waals surface area contributed by atoms with Crippen molar-refractivity contribution in [2.75, 3.05) is 19.0 Å². The lowest BCUT2D eigenvalue weighted by molar-refractivity contribution is 0.176. The number of fused-ring (bicyclic) bond motifs is 1. The molecule has 0 spiro atoms. The minimum atomic E-state index is -0.826. The number of rotatable bonds is 5. The monoisotopic (exact) mass is 373 g/mol. The van der Waals surface area contributed by atoms with E-state index < -0.39 is 12.1 Å². The van der Waals surface area contributed by atoms with Gasteiger partial charge in [0.05, 0.1) is 18.9 Å². The van der Waals surface area contributed by atoms with Crippen molar-refractivity contribution < 1.29 is 14.6 Å². The van der Waals surface area contributed by atoms with E-state index in [9.17, 15) is 9.90 Å². The second kappa shape index (κ2) is 7.68. The molecule has 0 aliphatic carbocycles. The van der Waals surface area contributed by atoms with Gasteiger partial charge in [0, 0.05) is 41.3 Å². The lowest BCUT2D eigenvalue weighted by Crippen LogP contribution is -2.32. The number of hydrogen-bond donors (Lipinski definition) is 3. The summed E-state index contributed by atoms with van der Waals surface area (Å²) >= 11 is 5.95. The standard InChI is InChI=1S/C19H20ClN3O3/c1-23-11-14(13-5-3-4-6-16(13)23)17(24)10-21-19(25)22-15-9-12(20)7-8-18(15)26-2/h3-9,11,17,24H,10H2,1-2H3,(H2,21,22,25). The number of anilines is 1. The molecule has 0 aliphatic heterocycles. The summed E-state index contributed by atoms with van der Waals surface area (Å²) in [5, 5.41) is 17.3. The van der Waals surface area contributed by atoms with Crippen LogP contribution in [0.1, 0.15) is 11.7 Å². The predicted molar refractivity (Wildman–Crippen MR) is 103 cm³/mol. The smallest absolute Gasteiger partial charge is 0.319 e. The van der Waals surface area contributed by atoms with Gasteiger partial charge in [-0.25, -0.2) is 4.79 Å². The average molecular weight is 374 g/mol. The molecular weight excluding hydrogens is 354 g/mol. The zero-order valence-corrected chi connectivity index (χ0v) is 15.2. The highest BCUT2D eigenvalue weighted by molar-refractivity contribution is 6.31. The molecule has 0 saturated heterocycles. The van der Waals surface area contributed by atoms with Crippen molar-refractivity contribution >= 4 is 34.2 Å². The second-order valence-electron chi connectivity index (χ2n) is 5.91. The predicted octanol–water partition coefficient (Wildman–Crippen LogP) is 3.70. The Bertz CT molecular complexity index is 939. The Labute approximate surface area is 156 Å². The van der Waals surface area contributed by atoms with Gasteiger partial charge in [-0.15, -0.1) is 0 Å². The van der Waals surface area contributed by atoms with Crippen LogP contribution in [0.2, 0.25) is 5.02 Å². The molecule has 3 rings (SSSR count). The first kappa shape index (κ1) is 18.1. The molecule has 1 unspecified atom stereocenters. The molecule has 3 aromatic rings. The summed E-state index contributed by atoms with van der Waals surface area (Å²) in [6.45, 7) is 0.0721. The van der Waals surface area contributed by atoms with Gasteiger partial charge in [-0.1, -0.05) is 29.8 Å². The molecule has 3 N–H and O–H groups in total. The van der Waals surface area contributed by atoms with Crippen LogP contribution in [0.15, 0.2) is 48.7 Å². The maximum absolute atomic E-state index is 12.2. The molecule has 2 aromatic carbocycles. The number of ether oxygens (including phenoxy) is 1. The molecule has 1 heterocycles. The fourth-order valence-corrected chi connectivity index (χ4v) is 3.05. The zero-order chi connectivity index (χ0) is 18.7. The van der Waals surface area contributed by atoms with Crippen molar-refractivity contribution in [1.82, 2.24) is 9.88 Å². The average Bonchev–Trinajstić information content (AvgIpc) is 2.97. The maximum Gasteiger partial charge on any atom is 0.319 e. The fraction of sp³-hybridized carbons (Fsp3) is 0.211. The van der Waals surface area contributed by atoms with Gasteiger partial charge in [-0.3, -0.25) is 0 Å². The zero-order valence-electron chi connectivity index (χ0n) is 14.5. The minimum absolute atomic E-state index is 0.0721. The number of hydrogen-bond acceptors (Lipinski definition) is 3. The van der Waals surface area contributed by atoms with Gasteiger partial charge in [0.2, 0.25) is 0 Å². The first-order chi connectivity index (χ1) is 12.5. The number of aryl methyl sites for hydroxylation is 1. The van der Waals surface area contributed by atoms with Crippen LogP contribution in [0.4, 0.5) is 10.5 Å². The van der Waals surface area contributed by atoms with E-state index in [-0.39, 0.29) is 6.54 Å². The molecule has 0 aliphatic rings. The molecule has 136 valence electrons. The Balaban J connectivity index is 1.67. The highest BCUT2D eigenvalue weighted by atomic mass is 35.5. The van der Waals surface area contributed by atoms with E-state index in [1.807, 2.05) is 42.1 Å². The number of methoxy groups -OCH3 is 1. The number of carbonyl (C=O) groups excluding carboxylic acids is 1. The van der Waals surface area contributed by atoms with Crippen molar-refractivity contribution in [2.24, 2.45) is 7.05 Å². The number of benzene rings is 2. The Kier molecular flexibility index (Phi) is 5.35. The number of aliphatic hydroxyl groups is 1. The van der Waals surface area contributed by atoms with Crippen LogP contribution in [0.5, 0.6) is 5.75 Å². The van der Waals surface area contributed by atoms with E-state index >= 15 is 0 Å². The molecular formula is C19H20ClN3O3. The number of aromatic nitrogens is 1. The number of halogens is 1. The third-order valence-corrected chi connectivity index (χ3v) is 4.39. The van der Waals surface area contributed by atoms with Crippen LogP contribution >= 0.6 is 11.6 Å². The van der Waals surface area contributed by atoms with Gasteiger partial charge in [-0.2, -0.15) is 0 Å². The third-order valence-electron chi connectivity index (χ3n) is 4.15. The number of carbonyl (C=O) groups is 1. The van der Waals surface area contributed by atoms with E-state index in [0.717, 1.165) is 16.5 Å². The Hall–Kier alpha value is -2.70. The van der Waals surface area contributed by atoms with Crippen LogP contribution in [0, 0.1) is 0 Å². The van der Waals surface area contributed by atoms with Crippen LogP contribution in [-0.4, -0.2) is 29.4 Å². The molecule has 0 bridgehead atoms. The lowest BCUT2D eigenvalue weighted by Gasteiger charge is -2.14. The van der Waals surface area contributed by atoms with E-state index in [2.05, 4.69) is 10.6 Å². The van der Waals surface area contributed by atoms with Crippen LogP contribution in [0.25, 0.3) is 10.9 Å². The molecule has 6 nitrogen and oxygen atoms in total. The number of aliphatic hydroxyl groups excluding tert-OH is 1. The minimum Gasteiger partial charge on any atom is -0.495 e. The third kappa shape index (κ3) is 3.76. The first-order valence-electron chi connectivity index (χ1n) is 8.10. The summed E-state index contributed by atoms with van der Waals surface area (Å²) in [4.78, 5) is 12.2. The van der Waals surface area contributed by atoms with Crippen molar-refractivity contribution in [2.45, 2.75) is 6.10 Å². The number of urea groups is 1. The summed E-state index contributed by atoms with van der Waals surface area (Å²) in [6, 6.07) is 12.3. The number of amides is 2. The second-order valence-corrected chi connectivity index (χ2v) is 6.34. The van der Waals surface area contributed by atoms with Crippen molar-refractivity contribution in [3.05, 3.63) is 59.2 Å². The summed E-state index contributed by atoms with van der Waals surface area (Å²) in [6.07, 6.45) is 1.04. The van der Waals surface area contributed by atoms with Gasteiger partial charge >= 0.3 is 6.03 Å². The summed E-state index contributed by atoms with van der Waals surface area (Å²) in [5.41, 5.74) is 2.25. The van der Waals surface area contributed by atoms with Crippen molar-refractivity contribution in [1.29, 1.82) is 0 Å². The molecule has 1 atom stereocenters. The molecule has 0 fully saturated rings. The van der Waals surface area contributed by atoms with E-state index in [1.165, 1.54) is 7.11 Å². The van der Waals surface area contributed by atoms with Gasteiger partial charge in [0.25, 0.3) is 0 Å². The van der Waals surface area contributed by atoms with Gasteiger partial charge in [-0.05, 0) is 24.3 Å². The van der Waals surface area contributed by atoms with Crippen LogP contribution in [-0.2, 0) is 7.05 Å². The largest absolute Gasteiger partial charge is 0.495 e. The molecule has 0 saturated carbocycles. The number of nitrogens with zero attached hydrogens (tertiary/aromatic N) is 1. The van der Waals surface area contributed by atoms with E-state index in [0.29, 0.717) is 16.5 Å². The maximum atomic E-state index is 12.2. The Morgan fingerprint density at radius 1 is 1.31 bits per heavy atom. The van der Waals surface area contributed by atoms with Crippen molar-refractivity contribution in [3.63, 3.8) is 0 Å². The molecule has 0 radical (unpaired) electrons. The molecule has 26 heavy (non-hydrogen) atoms. The quantitative estimate of drug-likeness (QED) is 0.638. The highest BCUT2D eigenvalue weighted by Gasteiger charge is 2.16. The van der Waals surface area contributed by atoms with Gasteiger partial charge < -0.3 is 25.0 Å². The molecule has 7 heteroatoms. The highest BCUT2D eigenvalue weighted by Crippen LogP contribution is 2.28. The van der Waals surface area contributed by atoms with Gasteiger partial charge in [0.1, 0.15) is 5.75 Å².